The number of nitrogens with one attached hydrogen (secondary N) is 1. The summed E-state index contributed by atoms with van der Waals surface area (Å²) in [4.78, 5) is 12.2. The molecule has 0 saturated heterocycles. The van der Waals surface area contributed by atoms with Crippen molar-refractivity contribution in [3.05, 3.63) is 29.6 Å². The van der Waals surface area contributed by atoms with E-state index < -0.39 is 0 Å². The summed E-state index contributed by atoms with van der Waals surface area (Å²) in [7, 11) is 0. The zero-order valence-corrected chi connectivity index (χ0v) is 13.8. The second kappa shape index (κ2) is 6.93. The quantitative estimate of drug-likeness (QED) is 0.875. The van der Waals surface area contributed by atoms with Crippen LogP contribution in [0.25, 0.3) is 0 Å². The number of carbonyl (C=O) groups is 1. The van der Waals surface area contributed by atoms with Gasteiger partial charge >= 0.3 is 0 Å². The third kappa shape index (κ3) is 3.78. The first-order valence-corrected chi connectivity index (χ1v) is 8.35. The Balaban J connectivity index is 1.51. The first-order valence-electron chi connectivity index (χ1n) is 8.35. The smallest absolute Gasteiger partial charge is 0.254 e. The molecule has 0 bridgehead atoms. The molecule has 0 saturated carbocycles. The van der Waals surface area contributed by atoms with Gasteiger partial charge in [-0.15, -0.1) is 10.2 Å². The molecule has 124 valence electrons. The molecular formula is C16H24N6O. The Morgan fingerprint density at radius 3 is 3.04 bits per heavy atom. The molecule has 0 unspecified atom stereocenters. The fraction of sp³-hybridized carbons (Fsp3) is 0.625. The third-order valence-electron chi connectivity index (χ3n) is 4.02. The lowest BCUT2D eigenvalue weighted by molar-refractivity contribution is 0.0953. The molecule has 2 aromatic heterocycles. The Morgan fingerprint density at radius 1 is 1.35 bits per heavy atom. The van der Waals surface area contributed by atoms with Crippen molar-refractivity contribution in [2.24, 2.45) is 5.92 Å². The number of rotatable bonds is 6. The largest absolute Gasteiger partial charge is 0.351 e. The highest BCUT2D eigenvalue weighted by atomic mass is 16.1. The van der Waals surface area contributed by atoms with Gasteiger partial charge in [0.25, 0.3) is 5.91 Å². The molecular weight excluding hydrogens is 292 g/mol. The van der Waals surface area contributed by atoms with Gasteiger partial charge < -0.3 is 9.88 Å². The number of nitrogens with zero attached hydrogens (tertiary/aromatic N) is 5. The van der Waals surface area contributed by atoms with Crippen molar-refractivity contribution in [3.63, 3.8) is 0 Å². The van der Waals surface area contributed by atoms with Crippen molar-refractivity contribution < 1.29 is 4.79 Å². The van der Waals surface area contributed by atoms with Gasteiger partial charge in [0.1, 0.15) is 11.6 Å². The molecule has 1 aliphatic rings. The van der Waals surface area contributed by atoms with Crippen molar-refractivity contribution in [1.29, 1.82) is 0 Å². The number of hydrogen-bond donors (Lipinski definition) is 1. The van der Waals surface area contributed by atoms with Crippen LogP contribution in [0.4, 0.5) is 0 Å². The van der Waals surface area contributed by atoms with E-state index in [-0.39, 0.29) is 5.91 Å². The molecule has 1 amide bonds. The molecule has 0 spiro atoms. The molecule has 0 atom stereocenters. The summed E-state index contributed by atoms with van der Waals surface area (Å²) in [5.74, 6) is 2.46. The van der Waals surface area contributed by atoms with Crippen molar-refractivity contribution in [1.82, 2.24) is 29.9 Å². The molecule has 0 aromatic carbocycles. The van der Waals surface area contributed by atoms with Crippen molar-refractivity contribution >= 4 is 5.91 Å². The Morgan fingerprint density at radius 2 is 2.22 bits per heavy atom. The average Bonchev–Trinajstić information content (AvgIpc) is 3.14. The van der Waals surface area contributed by atoms with Crippen LogP contribution < -0.4 is 5.32 Å². The molecule has 0 aliphatic carbocycles. The average molecular weight is 316 g/mol. The van der Waals surface area contributed by atoms with E-state index in [9.17, 15) is 4.79 Å². The van der Waals surface area contributed by atoms with E-state index in [1.54, 1.807) is 12.4 Å². The Kier molecular flexibility index (Phi) is 4.73. The predicted molar refractivity (Wildman–Crippen MR) is 86.1 cm³/mol. The van der Waals surface area contributed by atoms with Crippen LogP contribution >= 0.6 is 0 Å². The molecule has 3 heterocycles. The van der Waals surface area contributed by atoms with Gasteiger partial charge in [0.2, 0.25) is 0 Å². The number of amides is 1. The van der Waals surface area contributed by atoms with Gasteiger partial charge in [0.15, 0.2) is 0 Å². The fourth-order valence-electron chi connectivity index (χ4n) is 2.90. The highest BCUT2D eigenvalue weighted by molar-refractivity contribution is 5.93. The van der Waals surface area contributed by atoms with E-state index in [2.05, 4.69) is 39.0 Å². The minimum Gasteiger partial charge on any atom is -0.351 e. The van der Waals surface area contributed by atoms with Crippen LogP contribution in [-0.2, 0) is 25.9 Å². The summed E-state index contributed by atoms with van der Waals surface area (Å²) in [6.07, 6.45) is 7.51. The summed E-state index contributed by atoms with van der Waals surface area (Å²) < 4.78 is 4.00. The van der Waals surface area contributed by atoms with Gasteiger partial charge in [-0.2, -0.15) is 5.10 Å². The molecule has 23 heavy (non-hydrogen) atoms. The van der Waals surface area contributed by atoms with Gasteiger partial charge in [-0.05, 0) is 18.8 Å². The van der Waals surface area contributed by atoms with Crippen LogP contribution in [0.2, 0.25) is 0 Å². The summed E-state index contributed by atoms with van der Waals surface area (Å²) in [6, 6.07) is 0. The lowest BCUT2D eigenvalue weighted by atomic mass is 10.1. The van der Waals surface area contributed by atoms with E-state index in [4.69, 9.17) is 0 Å². The van der Waals surface area contributed by atoms with E-state index in [1.807, 2.05) is 4.68 Å². The van der Waals surface area contributed by atoms with Crippen molar-refractivity contribution in [2.45, 2.75) is 52.6 Å². The van der Waals surface area contributed by atoms with Crippen LogP contribution in [0, 0.1) is 5.92 Å². The van der Waals surface area contributed by atoms with Crippen LogP contribution in [-0.4, -0.2) is 37.0 Å². The lowest BCUT2D eigenvalue weighted by Crippen LogP contribution is -2.26. The number of fused-ring (bicyclic) bond motifs is 1. The van der Waals surface area contributed by atoms with Crippen LogP contribution in [0.1, 0.15) is 48.7 Å². The second-order valence-corrected chi connectivity index (χ2v) is 6.49. The molecule has 7 nitrogen and oxygen atoms in total. The summed E-state index contributed by atoms with van der Waals surface area (Å²) in [6.45, 7) is 6.63. The normalized spacial score (nSPS) is 14.0. The number of aromatic nitrogens is 5. The highest BCUT2D eigenvalue weighted by Crippen LogP contribution is 2.14. The lowest BCUT2D eigenvalue weighted by Gasteiger charge is -2.14. The summed E-state index contributed by atoms with van der Waals surface area (Å²) in [5, 5.41) is 15.6. The van der Waals surface area contributed by atoms with Crippen LogP contribution in [0.5, 0.6) is 0 Å². The number of aryl methyl sites for hydroxylation is 1. The minimum absolute atomic E-state index is 0.0848. The maximum Gasteiger partial charge on any atom is 0.254 e. The van der Waals surface area contributed by atoms with E-state index in [0.717, 1.165) is 31.2 Å². The Labute approximate surface area is 136 Å². The third-order valence-corrected chi connectivity index (χ3v) is 4.02. The summed E-state index contributed by atoms with van der Waals surface area (Å²) in [5.41, 5.74) is 0.605. The maximum absolute atomic E-state index is 12.2. The Hall–Kier alpha value is -2.18. The molecule has 0 fully saturated rings. The zero-order chi connectivity index (χ0) is 16.2. The molecule has 0 radical (unpaired) electrons. The summed E-state index contributed by atoms with van der Waals surface area (Å²) >= 11 is 0. The number of carbonyl (C=O) groups excluding carboxylic acids is 1. The first kappa shape index (κ1) is 15.7. The van der Waals surface area contributed by atoms with Crippen molar-refractivity contribution in [3.8, 4) is 0 Å². The molecule has 3 rings (SSSR count). The molecule has 7 heteroatoms. The van der Waals surface area contributed by atoms with Gasteiger partial charge in [0, 0.05) is 38.7 Å². The van der Waals surface area contributed by atoms with Crippen LogP contribution in [0.15, 0.2) is 12.4 Å². The minimum atomic E-state index is -0.0848. The van der Waals surface area contributed by atoms with E-state index >= 15 is 0 Å². The first-order chi connectivity index (χ1) is 11.1. The zero-order valence-electron chi connectivity index (χ0n) is 13.8. The van der Waals surface area contributed by atoms with E-state index in [0.29, 0.717) is 24.4 Å². The Bertz CT molecular complexity index is 672. The predicted octanol–water partition coefficient (Wildman–Crippen LogP) is 1.44. The van der Waals surface area contributed by atoms with Gasteiger partial charge in [-0.3, -0.25) is 9.48 Å². The van der Waals surface area contributed by atoms with E-state index in [1.165, 1.54) is 12.8 Å². The van der Waals surface area contributed by atoms with Gasteiger partial charge in [-0.25, -0.2) is 0 Å². The van der Waals surface area contributed by atoms with Crippen molar-refractivity contribution in [2.75, 3.05) is 6.54 Å². The molecule has 1 N–H and O–H groups in total. The molecule has 1 aliphatic heterocycles. The monoisotopic (exact) mass is 316 g/mol. The molecule has 2 aromatic rings. The maximum atomic E-state index is 12.2. The van der Waals surface area contributed by atoms with Gasteiger partial charge in [-0.1, -0.05) is 13.8 Å². The SMILES string of the molecule is CC(C)Cn1cc(C(=O)NCCc2nnc3n2CCCC3)cn1. The standard InChI is InChI=1S/C16H24N6O/c1-12(2)10-21-11-13(9-18-21)16(23)17-7-6-15-20-19-14-5-3-4-8-22(14)15/h9,11-12H,3-8,10H2,1-2H3,(H,17,23). The van der Waals surface area contributed by atoms with Gasteiger partial charge in [0.05, 0.1) is 11.8 Å². The highest BCUT2D eigenvalue weighted by Gasteiger charge is 2.16. The second-order valence-electron chi connectivity index (χ2n) is 6.49. The fourth-order valence-corrected chi connectivity index (χ4v) is 2.90. The van der Waals surface area contributed by atoms with Crippen LogP contribution in [0.3, 0.4) is 0 Å². The topological polar surface area (TPSA) is 77.6 Å². The number of hydrogen-bond acceptors (Lipinski definition) is 4.